The van der Waals surface area contributed by atoms with Gasteiger partial charge in [-0.2, -0.15) is 0 Å². The second-order valence-electron chi connectivity index (χ2n) is 3.47. The molecule has 2 nitrogen and oxygen atoms in total. The molecule has 14 heavy (non-hydrogen) atoms. The van der Waals surface area contributed by atoms with Gasteiger partial charge in [-0.05, 0) is 30.5 Å². The molecule has 1 rings (SSSR count). The van der Waals surface area contributed by atoms with Gasteiger partial charge >= 0.3 is 0 Å². The SMILES string of the molecule is CCC(N)CC(O)c1ccc(Br)cc1. The first kappa shape index (κ1) is 11.7. The van der Waals surface area contributed by atoms with Gasteiger partial charge in [-0.3, -0.25) is 0 Å². The summed E-state index contributed by atoms with van der Waals surface area (Å²) in [5, 5.41) is 9.82. The Morgan fingerprint density at radius 2 is 1.93 bits per heavy atom. The summed E-state index contributed by atoms with van der Waals surface area (Å²) in [4.78, 5) is 0. The highest BCUT2D eigenvalue weighted by molar-refractivity contribution is 9.10. The van der Waals surface area contributed by atoms with Crippen LogP contribution in [0.2, 0.25) is 0 Å². The van der Waals surface area contributed by atoms with Crippen molar-refractivity contribution in [3.05, 3.63) is 34.3 Å². The monoisotopic (exact) mass is 257 g/mol. The van der Waals surface area contributed by atoms with Crippen molar-refractivity contribution < 1.29 is 5.11 Å². The number of aliphatic hydroxyl groups is 1. The van der Waals surface area contributed by atoms with E-state index < -0.39 is 6.10 Å². The molecule has 78 valence electrons. The lowest BCUT2D eigenvalue weighted by Crippen LogP contribution is -2.21. The number of aliphatic hydroxyl groups excluding tert-OH is 1. The molecule has 0 amide bonds. The summed E-state index contributed by atoms with van der Waals surface area (Å²) in [6, 6.07) is 7.76. The normalized spacial score (nSPS) is 15.1. The number of rotatable bonds is 4. The highest BCUT2D eigenvalue weighted by Crippen LogP contribution is 2.20. The van der Waals surface area contributed by atoms with Crippen molar-refractivity contribution in [1.29, 1.82) is 0 Å². The summed E-state index contributed by atoms with van der Waals surface area (Å²) < 4.78 is 1.02. The van der Waals surface area contributed by atoms with Crippen LogP contribution in [0.3, 0.4) is 0 Å². The van der Waals surface area contributed by atoms with E-state index in [-0.39, 0.29) is 6.04 Å². The van der Waals surface area contributed by atoms with E-state index in [0.717, 1.165) is 16.5 Å². The summed E-state index contributed by atoms with van der Waals surface area (Å²) in [5.74, 6) is 0. The fraction of sp³-hybridized carbons (Fsp3) is 0.455. The van der Waals surface area contributed by atoms with Gasteiger partial charge in [-0.25, -0.2) is 0 Å². The van der Waals surface area contributed by atoms with Crippen molar-refractivity contribution in [3.63, 3.8) is 0 Å². The molecule has 0 aromatic heterocycles. The van der Waals surface area contributed by atoms with E-state index in [4.69, 9.17) is 5.73 Å². The molecule has 0 bridgehead atoms. The van der Waals surface area contributed by atoms with Crippen molar-refractivity contribution in [1.82, 2.24) is 0 Å². The predicted molar refractivity (Wildman–Crippen MR) is 62.0 cm³/mol. The second-order valence-corrected chi connectivity index (χ2v) is 4.39. The van der Waals surface area contributed by atoms with Gasteiger partial charge in [0.05, 0.1) is 6.10 Å². The largest absolute Gasteiger partial charge is 0.388 e. The van der Waals surface area contributed by atoms with Gasteiger partial charge in [0.15, 0.2) is 0 Å². The first-order valence-corrected chi connectivity index (χ1v) is 5.62. The molecule has 1 aromatic rings. The van der Waals surface area contributed by atoms with Gasteiger partial charge < -0.3 is 10.8 Å². The molecule has 0 aliphatic heterocycles. The third kappa shape index (κ3) is 3.40. The molecule has 2 unspecified atom stereocenters. The van der Waals surface area contributed by atoms with Crippen LogP contribution in [0.1, 0.15) is 31.4 Å². The van der Waals surface area contributed by atoms with Crippen LogP contribution in [-0.4, -0.2) is 11.1 Å². The molecule has 3 N–H and O–H groups in total. The average molecular weight is 258 g/mol. The molecule has 0 saturated heterocycles. The summed E-state index contributed by atoms with van der Waals surface area (Å²) in [7, 11) is 0. The maximum atomic E-state index is 9.82. The fourth-order valence-electron chi connectivity index (χ4n) is 1.27. The van der Waals surface area contributed by atoms with Crippen LogP contribution >= 0.6 is 15.9 Å². The second kappa shape index (κ2) is 5.49. The standard InChI is InChI=1S/C11H16BrNO/c1-2-10(13)7-11(14)8-3-5-9(12)6-4-8/h3-6,10-11,14H,2,7,13H2,1H3. The molecule has 0 spiro atoms. The third-order valence-corrected chi connectivity index (χ3v) is 2.83. The first-order valence-electron chi connectivity index (χ1n) is 4.82. The van der Waals surface area contributed by atoms with E-state index in [0.29, 0.717) is 6.42 Å². The Morgan fingerprint density at radius 1 is 1.36 bits per heavy atom. The molecule has 0 aliphatic rings. The molecule has 3 heteroatoms. The maximum absolute atomic E-state index is 9.82. The van der Waals surface area contributed by atoms with Crippen LogP contribution in [-0.2, 0) is 0 Å². The van der Waals surface area contributed by atoms with Crippen LogP contribution in [0.5, 0.6) is 0 Å². The van der Waals surface area contributed by atoms with E-state index >= 15 is 0 Å². The molecule has 1 aromatic carbocycles. The molecule has 0 fully saturated rings. The van der Waals surface area contributed by atoms with Crippen LogP contribution in [0.15, 0.2) is 28.7 Å². The quantitative estimate of drug-likeness (QED) is 0.872. The van der Waals surface area contributed by atoms with Gasteiger partial charge in [-0.15, -0.1) is 0 Å². The predicted octanol–water partition coefficient (Wildman–Crippen LogP) is 2.61. The molecule has 0 saturated carbocycles. The summed E-state index contributed by atoms with van der Waals surface area (Å²) >= 11 is 3.35. The Morgan fingerprint density at radius 3 is 2.43 bits per heavy atom. The summed E-state index contributed by atoms with van der Waals surface area (Å²) in [5.41, 5.74) is 6.70. The molecule has 0 radical (unpaired) electrons. The van der Waals surface area contributed by atoms with Crippen LogP contribution in [0.4, 0.5) is 0 Å². The van der Waals surface area contributed by atoms with Gasteiger partial charge in [0.1, 0.15) is 0 Å². The smallest absolute Gasteiger partial charge is 0.0804 e. The minimum absolute atomic E-state index is 0.0775. The van der Waals surface area contributed by atoms with Crippen molar-refractivity contribution in [2.75, 3.05) is 0 Å². The van der Waals surface area contributed by atoms with Crippen molar-refractivity contribution in [3.8, 4) is 0 Å². The lowest BCUT2D eigenvalue weighted by Gasteiger charge is -2.15. The number of benzene rings is 1. The number of nitrogens with two attached hydrogens (primary N) is 1. The molecular weight excluding hydrogens is 242 g/mol. The average Bonchev–Trinajstić information content (AvgIpc) is 2.18. The first-order chi connectivity index (χ1) is 6.63. The molecule has 0 aliphatic carbocycles. The molecular formula is C11H16BrNO. The zero-order valence-electron chi connectivity index (χ0n) is 8.28. The summed E-state index contributed by atoms with van der Waals surface area (Å²) in [6.45, 7) is 2.03. The van der Waals surface area contributed by atoms with Crippen LogP contribution in [0.25, 0.3) is 0 Å². The molecule has 0 heterocycles. The topological polar surface area (TPSA) is 46.2 Å². The Labute approximate surface area is 93.3 Å². The van der Waals surface area contributed by atoms with Crippen molar-refractivity contribution in [2.24, 2.45) is 5.73 Å². The molecule has 2 atom stereocenters. The van der Waals surface area contributed by atoms with Gasteiger partial charge in [0, 0.05) is 10.5 Å². The van der Waals surface area contributed by atoms with Crippen LogP contribution < -0.4 is 5.73 Å². The number of halogens is 1. The van der Waals surface area contributed by atoms with Gasteiger partial charge in [0.2, 0.25) is 0 Å². The van der Waals surface area contributed by atoms with Gasteiger partial charge in [-0.1, -0.05) is 35.0 Å². The minimum atomic E-state index is -0.446. The Hall–Kier alpha value is -0.380. The van der Waals surface area contributed by atoms with E-state index in [2.05, 4.69) is 15.9 Å². The Kier molecular flexibility index (Phi) is 4.58. The van der Waals surface area contributed by atoms with E-state index in [1.165, 1.54) is 0 Å². The van der Waals surface area contributed by atoms with Crippen LogP contribution in [0, 0.1) is 0 Å². The minimum Gasteiger partial charge on any atom is -0.388 e. The van der Waals surface area contributed by atoms with E-state index in [9.17, 15) is 5.11 Å². The van der Waals surface area contributed by atoms with E-state index in [1.807, 2.05) is 31.2 Å². The third-order valence-electron chi connectivity index (χ3n) is 2.31. The van der Waals surface area contributed by atoms with Gasteiger partial charge in [0.25, 0.3) is 0 Å². The Bertz CT molecular complexity index is 273. The highest BCUT2D eigenvalue weighted by atomic mass is 79.9. The lowest BCUT2D eigenvalue weighted by atomic mass is 10.0. The fourth-order valence-corrected chi connectivity index (χ4v) is 1.54. The Balaban J connectivity index is 2.60. The zero-order chi connectivity index (χ0) is 10.6. The zero-order valence-corrected chi connectivity index (χ0v) is 9.87. The maximum Gasteiger partial charge on any atom is 0.0804 e. The van der Waals surface area contributed by atoms with E-state index in [1.54, 1.807) is 0 Å². The lowest BCUT2D eigenvalue weighted by molar-refractivity contribution is 0.157. The highest BCUT2D eigenvalue weighted by Gasteiger charge is 2.10. The number of hydrogen-bond donors (Lipinski definition) is 2. The summed E-state index contributed by atoms with van der Waals surface area (Å²) in [6.07, 6.45) is 1.07. The number of hydrogen-bond acceptors (Lipinski definition) is 2. The van der Waals surface area contributed by atoms with Crippen molar-refractivity contribution in [2.45, 2.75) is 31.9 Å². The van der Waals surface area contributed by atoms with Crippen molar-refractivity contribution >= 4 is 15.9 Å².